The Labute approximate surface area is 141 Å². The highest BCUT2D eigenvalue weighted by atomic mass is 32.1. The number of rotatable bonds is 0. The lowest BCUT2D eigenvalue weighted by molar-refractivity contribution is 0.111. The van der Waals surface area contributed by atoms with E-state index in [1.54, 1.807) is 0 Å². The van der Waals surface area contributed by atoms with Crippen molar-refractivity contribution in [2.24, 2.45) is 0 Å². The average molecular weight is 345 g/mol. The van der Waals surface area contributed by atoms with Crippen LogP contribution in [-0.4, -0.2) is 5.11 Å². The molecule has 3 aliphatic rings. The molecule has 6 rings (SSSR count). The van der Waals surface area contributed by atoms with Crippen molar-refractivity contribution in [3.63, 3.8) is 0 Å². The van der Waals surface area contributed by atoms with Crippen molar-refractivity contribution in [2.75, 3.05) is 0 Å². The van der Waals surface area contributed by atoms with Gasteiger partial charge in [0.25, 0.3) is 0 Å². The van der Waals surface area contributed by atoms with Gasteiger partial charge in [-0.3, -0.25) is 0 Å². The second kappa shape index (κ2) is 3.75. The monoisotopic (exact) mass is 344 g/mol. The van der Waals surface area contributed by atoms with E-state index < -0.39 is 5.60 Å². The molecule has 0 atom stereocenters. The van der Waals surface area contributed by atoms with E-state index in [9.17, 15) is 5.11 Å². The molecular formula is C18H16OS3. The minimum atomic E-state index is -0.946. The van der Waals surface area contributed by atoms with Crippen molar-refractivity contribution < 1.29 is 5.11 Å². The highest BCUT2D eigenvalue weighted by Gasteiger charge is 2.59. The minimum Gasteiger partial charge on any atom is -0.376 e. The van der Waals surface area contributed by atoms with Gasteiger partial charge in [0.15, 0.2) is 0 Å². The summed E-state index contributed by atoms with van der Waals surface area (Å²) < 4.78 is 0. The molecule has 0 aliphatic heterocycles. The van der Waals surface area contributed by atoms with Crippen LogP contribution in [0.25, 0.3) is 0 Å². The lowest BCUT2D eigenvalue weighted by Gasteiger charge is -2.48. The van der Waals surface area contributed by atoms with Crippen molar-refractivity contribution in [2.45, 2.75) is 38.7 Å². The highest BCUT2D eigenvalue weighted by Crippen LogP contribution is 2.65. The predicted octanol–water partition coefficient (Wildman–Crippen LogP) is 5.06. The van der Waals surface area contributed by atoms with Gasteiger partial charge in [0, 0.05) is 46.0 Å². The van der Waals surface area contributed by atoms with E-state index in [-0.39, 0.29) is 5.41 Å². The van der Waals surface area contributed by atoms with E-state index in [2.05, 4.69) is 45.9 Å². The van der Waals surface area contributed by atoms with Crippen LogP contribution in [0.15, 0.2) is 18.2 Å². The van der Waals surface area contributed by atoms with E-state index in [0.717, 1.165) is 16.7 Å². The molecule has 0 aromatic carbocycles. The van der Waals surface area contributed by atoms with Gasteiger partial charge in [0.2, 0.25) is 0 Å². The SMILES string of the molecule is Cc1cc2c(s1)C1(C)c3sc(C)cc3C2(O)c2cc(C)sc21. The first-order valence-corrected chi connectivity index (χ1v) is 9.88. The first-order chi connectivity index (χ1) is 10.4. The second-order valence-electron chi connectivity index (χ2n) is 6.63. The van der Waals surface area contributed by atoms with Crippen molar-refractivity contribution >= 4 is 34.0 Å². The van der Waals surface area contributed by atoms with E-state index in [1.807, 2.05) is 34.0 Å². The number of hydrogen-bond acceptors (Lipinski definition) is 4. The van der Waals surface area contributed by atoms with Gasteiger partial charge in [0.1, 0.15) is 5.60 Å². The maximum absolute atomic E-state index is 11.8. The highest BCUT2D eigenvalue weighted by molar-refractivity contribution is 7.16. The lowest BCUT2D eigenvalue weighted by Crippen LogP contribution is -2.46. The molecule has 4 heteroatoms. The molecule has 0 spiro atoms. The molecule has 1 nitrogen and oxygen atoms in total. The molecule has 22 heavy (non-hydrogen) atoms. The fourth-order valence-electron chi connectivity index (χ4n) is 4.21. The molecule has 2 bridgehead atoms. The number of thiophene rings is 3. The lowest BCUT2D eigenvalue weighted by atomic mass is 9.60. The molecule has 3 aliphatic carbocycles. The van der Waals surface area contributed by atoms with Gasteiger partial charge in [-0.15, -0.1) is 34.0 Å². The Morgan fingerprint density at radius 1 is 0.727 bits per heavy atom. The summed E-state index contributed by atoms with van der Waals surface area (Å²) in [4.78, 5) is 7.89. The first kappa shape index (κ1) is 13.5. The van der Waals surface area contributed by atoms with Crippen molar-refractivity contribution in [1.82, 2.24) is 0 Å². The maximum atomic E-state index is 11.8. The summed E-state index contributed by atoms with van der Waals surface area (Å²) in [6.07, 6.45) is 0. The van der Waals surface area contributed by atoms with Crippen LogP contribution in [0.1, 0.15) is 52.9 Å². The van der Waals surface area contributed by atoms with Gasteiger partial charge in [-0.25, -0.2) is 0 Å². The molecule has 0 saturated carbocycles. The molecule has 0 radical (unpaired) electrons. The molecule has 1 N–H and O–H groups in total. The summed E-state index contributed by atoms with van der Waals surface area (Å²) in [5.74, 6) is 0. The maximum Gasteiger partial charge on any atom is 0.143 e. The van der Waals surface area contributed by atoms with Crippen LogP contribution >= 0.6 is 34.0 Å². The Balaban J connectivity index is 2.03. The fourth-order valence-corrected chi connectivity index (χ4v) is 8.07. The smallest absolute Gasteiger partial charge is 0.143 e. The van der Waals surface area contributed by atoms with Crippen LogP contribution in [0.5, 0.6) is 0 Å². The van der Waals surface area contributed by atoms with Crippen molar-refractivity contribution in [3.8, 4) is 0 Å². The third-order valence-corrected chi connectivity index (χ3v) is 8.91. The summed E-state index contributed by atoms with van der Waals surface area (Å²) in [6.45, 7) is 8.79. The molecule has 3 heterocycles. The quantitative estimate of drug-likeness (QED) is 0.604. The Kier molecular flexibility index (Phi) is 2.30. The summed E-state index contributed by atoms with van der Waals surface area (Å²) in [6, 6.07) is 6.60. The standard InChI is InChI=1S/C18H16OS3/c1-8-5-11-14(20-8)17(4)15-12(6-9(2)21-15)18(11,19)13-7-10(3)22-16(13)17/h5-7,19H,1-4H3. The van der Waals surface area contributed by atoms with Crippen LogP contribution in [0.3, 0.4) is 0 Å². The fraction of sp³-hybridized carbons (Fsp3) is 0.333. The van der Waals surface area contributed by atoms with Crippen LogP contribution < -0.4 is 0 Å². The molecule has 0 saturated heterocycles. The third-order valence-electron chi connectivity index (χ3n) is 5.10. The van der Waals surface area contributed by atoms with Gasteiger partial charge in [-0.05, 0) is 45.9 Å². The summed E-state index contributed by atoms with van der Waals surface area (Å²) in [5, 5.41) is 11.8. The Bertz CT molecular complexity index is 763. The van der Waals surface area contributed by atoms with Gasteiger partial charge in [-0.1, -0.05) is 0 Å². The molecular weight excluding hydrogens is 328 g/mol. The Hall–Kier alpha value is -0.940. The zero-order valence-electron chi connectivity index (χ0n) is 12.9. The van der Waals surface area contributed by atoms with Crippen molar-refractivity contribution in [3.05, 3.63) is 64.2 Å². The summed E-state index contributed by atoms with van der Waals surface area (Å²) in [7, 11) is 0. The third kappa shape index (κ3) is 1.23. The van der Waals surface area contributed by atoms with Crippen LogP contribution in [0.4, 0.5) is 0 Å². The molecule has 0 amide bonds. The number of hydrogen-bond donors (Lipinski definition) is 1. The van der Waals surface area contributed by atoms with E-state index in [1.165, 1.54) is 29.3 Å². The minimum absolute atomic E-state index is 0.0821. The number of aliphatic hydroxyl groups is 1. The van der Waals surface area contributed by atoms with E-state index >= 15 is 0 Å². The normalized spacial score (nSPS) is 27.7. The van der Waals surface area contributed by atoms with Crippen LogP contribution in [0.2, 0.25) is 0 Å². The predicted molar refractivity (Wildman–Crippen MR) is 94.8 cm³/mol. The molecule has 3 aromatic heterocycles. The van der Waals surface area contributed by atoms with Gasteiger partial charge in [0.05, 0.1) is 5.41 Å². The second-order valence-corrected chi connectivity index (χ2v) is 10.4. The zero-order chi connectivity index (χ0) is 15.4. The largest absolute Gasteiger partial charge is 0.376 e. The van der Waals surface area contributed by atoms with Gasteiger partial charge >= 0.3 is 0 Å². The topological polar surface area (TPSA) is 20.2 Å². The molecule has 112 valence electrons. The van der Waals surface area contributed by atoms with Gasteiger partial charge < -0.3 is 5.11 Å². The average Bonchev–Trinajstić information content (AvgIpc) is 3.12. The van der Waals surface area contributed by atoms with E-state index in [0.29, 0.717) is 0 Å². The summed E-state index contributed by atoms with van der Waals surface area (Å²) >= 11 is 5.55. The molecule has 0 unspecified atom stereocenters. The van der Waals surface area contributed by atoms with E-state index in [4.69, 9.17) is 0 Å². The van der Waals surface area contributed by atoms with Crippen LogP contribution in [0, 0.1) is 20.8 Å². The van der Waals surface area contributed by atoms with Gasteiger partial charge in [-0.2, -0.15) is 0 Å². The first-order valence-electron chi connectivity index (χ1n) is 7.43. The Morgan fingerprint density at radius 2 is 1.05 bits per heavy atom. The molecule has 3 aromatic rings. The van der Waals surface area contributed by atoms with Crippen molar-refractivity contribution in [1.29, 1.82) is 0 Å². The molecule has 0 fully saturated rings. The van der Waals surface area contributed by atoms with Crippen LogP contribution in [-0.2, 0) is 11.0 Å². The Morgan fingerprint density at radius 3 is 1.36 bits per heavy atom. The summed E-state index contributed by atoms with van der Waals surface area (Å²) in [5.41, 5.74) is 2.33. The zero-order valence-corrected chi connectivity index (χ0v) is 15.4. The number of aryl methyl sites for hydroxylation is 3.